The summed E-state index contributed by atoms with van der Waals surface area (Å²) in [5.41, 5.74) is 3.32. The van der Waals surface area contributed by atoms with E-state index >= 15 is 0 Å². The molecule has 1 unspecified atom stereocenters. The topological polar surface area (TPSA) is 69.5 Å². The van der Waals surface area contributed by atoms with Crippen molar-refractivity contribution in [3.63, 3.8) is 0 Å². The number of aromatic amines is 1. The van der Waals surface area contributed by atoms with Gasteiger partial charge in [0.1, 0.15) is 5.15 Å². The van der Waals surface area contributed by atoms with Crippen molar-refractivity contribution in [1.82, 2.24) is 9.97 Å². The van der Waals surface area contributed by atoms with E-state index in [4.69, 9.17) is 11.6 Å². The van der Waals surface area contributed by atoms with Gasteiger partial charge in [0.25, 0.3) is 5.56 Å². The van der Waals surface area contributed by atoms with Crippen LogP contribution >= 0.6 is 11.6 Å². The molecular weight excluding hydrogens is 346 g/mol. The fourth-order valence-electron chi connectivity index (χ4n) is 3.26. The number of aromatic nitrogens is 2. The second-order valence-electron chi connectivity index (χ2n) is 6.84. The van der Waals surface area contributed by atoms with E-state index < -0.39 is 5.41 Å². The van der Waals surface area contributed by atoms with E-state index in [0.29, 0.717) is 18.0 Å². The predicted molar refractivity (Wildman–Crippen MR) is 105 cm³/mol. The first kappa shape index (κ1) is 18.2. The molecule has 26 heavy (non-hydrogen) atoms. The Morgan fingerprint density at radius 3 is 2.69 bits per heavy atom. The first-order valence-electron chi connectivity index (χ1n) is 8.55. The lowest BCUT2D eigenvalue weighted by atomic mass is 9.78. The van der Waals surface area contributed by atoms with Gasteiger partial charge < -0.3 is 4.98 Å². The standard InChI is InChI=1S/C21H20ClN3O/c1-4-15-9-16-5-6-17(10-18(16)25-20(15)26)21(3,12-23)11-14-7-13(2)24-19(22)8-14/h5-10H,4,11H2,1-3H3,(H,25,26). The molecule has 0 spiro atoms. The van der Waals surface area contributed by atoms with Crippen molar-refractivity contribution in [3.8, 4) is 6.07 Å². The van der Waals surface area contributed by atoms with Crippen molar-refractivity contribution in [1.29, 1.82) is 5.26 Å². The molecule has 2 aromatic heterocycles. The van der Waals surface area contributed by atoms with Gasteiger partial charge in [-0.05, 0) is 67.5 Å². The first-order chi connectivity index (χ1) is 12.3. The average molecular weight is 366 g/mol. The van der Waals surface area contributed by atoms with Gasteiger partial charge in [0.05, 0.1) is 11.5 Å². The second kappa shape index (κ2) is 6.93. The molecule has 1 atom stereocenters. The van der Waals surface area contributed by atoms with E-state index in [1.807, 2.05) is 51.1 Å². The smallest absolute Gasteiger partial charge is 0.251 e. The summed E-state index contributed by atoms with van der Waals surface area (Å²) in [6, 6.07) is 13.9. The number of halogens is 1. The van der Waals surface area contributed by atoms with E-state index in [0.717, 1.165) is 33.3 Å². The number of H-pyrrole nitrogens is 1. The number of benzene rings is 1. The Labute approximate surface area is 157 Å². The van der Waals surface area contributed by atoms with Gasteiger partial charge in [-0.3, -0.25) is 4.79 Å². The lowest BCUT2D eigenvalue weighted by molar-refractivity contribution is 0.606. The van der Waals surface area contributed by atoms with Gasteiger partial charge in [0, 0.05) is 16.8 Å². The third-order valence-corrected chi connectivity index (χ3v) is 4.92. The van der Waals surface area contributed by atoms with Crippen LogP contribution in [0, 0.1) is 18.3 Å². The van der Waals surface area contributed by atoms with Gasteiger partial charge in [0.15, 0.2) is 0 Å². The maximum atomic E-state index is 12.1. The molecule has 0 amide bonds. The van der Waals surface area contributed by atoms with Gasteiger partial charge >= 0.3 is 0 Å². The summed E-state index contributed by atoms with van der Waals surface area (Å²) >= 11 is 6.06. The Morgan fingerprint density at radius 1 is 1.27 bits per heavy atom. The van der Waals surface area contributed by atoms with E-state index in [2.05, 4.69) is 16.0 Å². The molecule has 0 aliphatic rings. The molecule has 132 valence electrons. The van der Waals surface area contributed by atoms with Crippen LogP contribution in [0.15, 0.2) is 41.2 Å². The molecule has 0 aliphatic carbocycles. The van der Waals surface area contributed by atoms with Crippen molar-refractivity contribution in [3.05, 3.63) is 74.3 Å². The van der Waals surface area contributed by atoms with Crippen molar-refractivity contribution < 1.29 is 0 Å². The van der Waals surface area contributed by atoms with E-state index in [1.54, 1.807) is 6.07 Å². The molecule has 0 saturated heterocycles. The maximum Gasteiger partial charge on any atom is 0.251 e. The van der Waals surface area contributed by atoms with Gasteiger partial charge in [-0.25, -0.2) is 4.98 Å². The van der Waals surface area contributed by atoms with Crippen LogP contribution in [-0.4, -0.2) is 9.97 Å². The zero-order valence-electron chi connectivity index (χ0n) is 15.1. The summed E-state index contributed by atoms with van der Waals surface area (Å²) in [5.74, 6) is 0. The lowest BCUT2D eigenvalue weighted by Gasteiger charge is -2.23. The Morgan fingerprint density at radius 2 is 2.04 bits per heavy atom. The van der Waals surface area contributed by atoms with Gasteiger partial charge in [-0.15, -0.1) is 0 Å². The highest BCUT2D eigenvalue weighted by Gasteiger charge is 2.27. The Bertz CT molecular complexity index is 1060. The highest BCUT2D eigenvalue weighted by molar-refractivity contribution is 6.29. The van der Waals surface area contributed by atoms with Crippen molar-refractivity contribution in [2.75, 3.05) is 0 Å². The molecule has 3 aromatic rings. The van der Waals surface area contributed by atoms with Crippen molar-refractivity contribution >= 4 is 22.5 Å². The number of pyridine rings is 2. The van der Waals surface area contributed by atoms with E-state index in [-0.39, 0.29) is 5.56 Å². The van der Waals surface area contributed by atoms with Crippen molar-refractivity contribution in [2.24, 2.45) is 0 Å². The molecule has 0 radical (unpaired) electrons. The van der Waals surface area contributed by atoms with Gasteiger partial charge in [0.2, 0.25) is 0 Å². The lowest BCUT2D eigenvalue weighted by Crippen LogP contribution is -2.23. The summed E-state index contributed by atoms with van der Waals surface area (Å²) in [4.78, 5) is 19.2. The highest BCUT2D eigenvalue weighted by Crippen LogP contribution is 2.30. The van der Waals surface area contributed by atoms with E-state index in [1.165, 1.54) is 0 Å². The average Bonchev–Trinajstić information content (AvgIpc) is 2.59. The van der Waals surface area contributed by atoms with Crippen LogP contribution in [0.2, 0.25) is 5.15 Å². The predicted octanol–water partition coefficient (Wildman–Crippen LogP) is 4.47. The van der Waals surface area contributed by atoms with Crippen molar-refractivity contribution in [2.45, 2.75) is 39.0 Å². The number of nitriles is 1. The number of nitrogens with zero attached hydrogens (tertiary/aromatic N) is 2. The summed E-state index contributed by atoms with van der Waals surface area (Å²) in [6.07, 6.45) is 1.19. The van der Waals surface area contributed by atoms with Gasteiger partial charge in [-0.1, -0.05) is 30.7 Å². The third kappa shape index (κ3) is 3.49. The number of nitrogens with one attached hydrogen (secondary N) is 1. The van der Waals surface area contributed by atoms with Gasteiger partial charge in [-0.2, -0.15) is 5.26 Å². The Hall–Kier alpha value is -2.64. The number of rotatable bonds is 4. The normalized spacial score (nSPS) is 13.3. The quantitative estimate of drug-likeness (QED) is 0.693. The number of aryl methyl sites for hydroxylation is 2. The fourth-order valence-corrected chi connectivity index (χ4v) is 3.54. The molecule has 0 saturated carbocycles. The number of fused-ring (bicyclic) bond motifs is 1. The second-order valence-corrected chi connectivity index (χ2v) is 7.23. The first-order valence-corrected chi connectivity index (χ1v) is 8.93. The van der Waals surface area contributed by atoms with Crippen LogP contribution in [-0.2, 0) is 18.3 Å². The van der Waals surface area contributed by atoms with Crippen LogP contribution in [0.1, 0.15) is 36.2 Å². The zero-order chi connectivity index (χ0) is 18.9. The summed E-state index contributed by atoms with van der Waals surface area (Å²) in [7, 11) is 0. The molecule has 0 aliphatic heterocycles. The molecule has 4 nitrogen and oxygen atoms in total. The molecule has 1 N–H and O–H groups in total. The minimum absolute atomic E-state index is 0.0765. The van der Waals surface area contributed by atoms with E-state index in [9.17, 15) is 10.1 Å². The SMILES string of the molecule is CCc1cc2ccc(C(C)(C#N)Cc3cc(C)nc(Cl)c3)cc2[nH]c1=O. The van der Waals surface area contributed by atoms with Crippen LogP contribution < -0.4 is 5.56 Å². The molecule has 3 rings (SSSR count). The monoisotopic (exact) mass is 365 g/mol. The number of hydrogen-bond donors (Lipinski definition) is 1. The van der Waals surface area contributed by atoms with Crippen LogP contribution in [0.5, 0.6) is 0 Å². The summed E-state index contributed by atoms with van der Waals surface area (Å²) < 4.78 is 0. The van der Waals surface area contributed by atoms with Crippen LogP contribution in [0.25, 0.3) is 10.9 Å². The molecule has 2 heterocycles. The largest absolute Gasteiger partial charge is 0.322 e. The minimum Gasteiger partial charge on any atom is -0.322 e. The number of hydrogen-bond acceptors (Lipinski definition) is 3. The highest BCUT2D eigenvalue weighted by atomic mass is 35.5. The van der Waals surface area contributed by atoms with Crippen LogP contribution in [0.4, 0.5) is 0 Å². The summed E-state index contributed by atoms with van der Waals surface area (Å²) in [5, 5.41) is 11.3. The fraction of sp³-hybridized carbons (Fsp3) is 0.286. The minimum atomic E-state index is -0.744. The maximum absolute atomic E-state index is 12.1. The molecule has 1 aromatic carbocycles. The molecule has 5 heteroatoms. The molecule has 0 fully saturated rings. The molecular formula is C21H20ClN3O. The Kier molecular flexibility index (Phi) is 4.84. The zero-order valence-corrected chi connectivity index (χ0v) is 15.8. The summed E-state index contributed by atoms with van der Waals surface area (Å²) in [6.45, 7) is 5.74. The third-order valence-electron chi connectivity index (χ3n) is 4.73. The Balaban J connectivity index is 2.06. The molecule has 0 bridgehead atoms. The van der Waals surface area contributed by atoms with Crippen LogP contribution in [0.3, 0.4) is 0 Å².